The van der Waals surface area contributed by atoms with Crippen LogP contribution < -0.4 is 0 Å². The summed E-state index contributed by atoms with van der Waals surface area (Å²) in [6.45, 7) is 4.07. The molecule has 0 bridgehead atoms. The van der Waals surface area contributed by atoms with Gasteiger partial charge in [-0.2, -0.15) is 0 Å². The molecule has 0 N–H and O–H groups in total. The van der Waals surface area contributed by atoms with Gasteiger partial charge in [0.25, 0.3) is 0 Å². The minimum Gasteiger partial charge on any atom is -0.426 e. The summed E-state index contributed by atoms with van der Waals surface area (Å²) >= 11 is 0. The maximum atomic E-state index is 4.89. The molecule has 48 valence electrons. The second-order valence-corrected chi connectivity index (χ2v) is 1.76. The van der Waals surface area contributed by atoms with E-state index in [1.54, 1.807) is 0 Å². The van der Waals surface area contributed by atoms with Crippen LogP contribution in [0.4, 0.5) is 0 Å². The average molecular weight is 122 g/mol. The summed E-state index contributed by atoms with van der Waals surface area (Å²) in [7, 11) is 0.873. The summed E-state index contributed by atoms with van der Waals surface area (Å²) in [5.74, 6) is 0. The third-order valence-corrected chi connectivity index (χ3v) is 1.41. The third-order valence-electron chi connectivity index (χ3n) is 0.471. The summed E-state index contributed by atoms with van der Waals surface area (Å²) in [4.78, 5) is 0. The van der Waals surface area contributed by atoms with E-state index in [0.29, 0.717) is 6.10 Å². The normalized spacial score (nSPS) is 7.29. The van der Waals surface area contributed by atoms with Crippen LogP contribution in [-0.2, 0) is 4.43 Å². The van der Waals surface area contributed by atoms with E-state index in [1.807, 2.05) is 13.8 Å². The molecule has 0 saturated heterocycles. The van der Waals surface area contributed by atoms with Crippen molar-refractivity contribution >= 4 is 10.5 Å². The monoisotopic (exact) mass is 122 g/mol. The molecule has 0 aliphatic carbocycles. The van der Waals surface area contributed by atoms with Crippen LogP contribution >= 0.6 is 0 Å². The minimum atomic E-state index is 0. The van der Waals surface area contributed by atoms with Gasteiger partial charge in [0, 0.05) is 6.10 Å². The van der Waals surface area contributed by atoms with E-state index in [9.17, 15) is 0 Å². The van der Waals surface area contributed by atoms with Crippen molar-refractivity contribution < 1.29 is 4.43 Å². The van der Waals surface area contributed by atoms with Crippen LogP contribution in [0.25, 0.3) is 0 Å². The maximum Gasteiger partial charge on any atom is 0.146 e. The minimum absolute atomic E-state index is 0. The van der Waals surface area contributed by atoms with E-state index in [0.717, 1.165) is 10.5 Å². The van der Waals surface area contributed by atoms with Crippen molar-refractivity contribution in [2.24, 2.45) is 0 Å². The fourth-order valence-corrected chi connectivity index (χ4v) is 0. The SMILES string of the molecule is C.C.CC(C)O[SiH3]. The van der Waals surface area contributed by atoms with Gasteiger partial charge in [-0.25, -0.2) is 0 Å². The molecule has 1 nitrogen and oxygen atoms in total. The highest BCUT2D eigenvalue weighted by Crippen LogP contribution is 1.76. The molecule has 0 heterocycles. The van der Waals surface area contributed by atoms with Gasteiger partial charge in [-0.05, 0) is 13.8 Å². The Balaban J connectivity index is -0.0000000800. The number of rotatable bonds is 1. The van der Waals surface area contributed by atoms with Crippen molar-refractivity contribution in [1.82, 2.24) is 0 Å². The van der Waals surface area contributed by atoms with Gasteiger partial charge in [0.15, 0.2) is 0 Å². The van der Waals surface area contributed by atoms with Gasteiger partial charge in [-0.1, -0.05) is 14.9 Å². The van der Waals surface area contributed by atoms with Crippen molar-refractivity contribution in [2.45, 2.75) is 34.8 Å². The second-order valence-electron chi connectivity index (χ2n) is 1.28. The molecule has 0 unspecified atom stereocenters. The van der Waals surface area contributed by atoms with Crippen LogP contribution in [0.1, 0.15) is 28.7 Å². The van der Waals surface area contributed by atoms with Crippen molar-refractivity contribution in [3.63, 3.8) is 0 Å². The van der Waals surface area contributed by atoms with E-state index in [-0.39, 0.29) is 14.9 Å². The van der Waals surface area contributed by atoms with Crippen molar-refractivity contribution in [3.05, 3.63) is 0 Å². The Morgan fingerprint density at radius 3 is 1.43 bits per heavy atom. The topological polar surface area (TPSA) is 9.23 Å². The quantitative estimate of drug-likeness (QED) is 0.471. The molecule has 0 aromatic carbocycles. The first kappa shape index (κ1) is 15.7. The average Bonchev–Trinajstić information content (AvgIpc) is 1.38. The molecule has 0 amide bonds. The molecule has 0 radical (unpaired) electrons. The maximum absolute atomic E-state index is 4.89. The van der Waals surface area contributed by atoms with Crippen molar-refractivity contribution in [2.75, 3.05) is 0 Å². The predicted molar refractivity (Wildman–Crippen MR) is 39.6 cm³/mol. The lowest BCUT2D eigenvalue weighted by atomic mass is 10.5. The highest BCUT2D eigenvalue weighted by Gasteiger charge is 1.77. The first-order valence-electron chi connectivity index (χ1n) is 1.80. The lowest BCUT2D eigenvalue weighted by Gasteiger charge is -1.95. The Hall–Kier alpha value is 0.177. The van der Waals surface area contributed by atoms with E-state index in [4.69, 9.17) is 4.43 Å². The molecule has 0 aromatic rings. The number of hydrogen-bond acceptors (Lipinski definition) is 1. The highest BCUT2D eigenvalue weighted by atomic mass is 28.2. The Bertz CT molecular complexity index is 22.0. The van der Waals surface area contributed by atoms with E-state index >= 15 is 0 Å². The molecular weight excluding hydrogens is 104 g/mol. The van der Waals surface area contributed by atoms with Crippen LogP contribution in [0.3, 0.4) is 0 Å². The zero-order chi connectivity index (χ0) is 4.28. The molecule has 0 aromatic heterocycles. The smallest absolute Gasteiger partial charge is 0.146 e. The van der Waals surface area contributed by atoms with Crippen molar-refractivity contribution in [3.8, 4) is 0 Å². The zero-order valence-corrected chi connectivity index (χ0v) is 5.99. The fourth-order valence-electron chi connectivity index (χ4n) is 0. The van der Waals surface area contributed by atoms with Crippen LogP contribution in [0.15, 0.2) is 0 Å². The lowest BCUT2D eigenvalue weighted by molar-refractivity contribution is 0.267. The molecule has 0 atom stereocenters. The highest BCUT2D eigenvalue weighted by molar-refractivity contribution is 5.98. The van der Waals surface area contributed by atoms with Gasteiger partial charge in [-0.15, -0.1) is 0 Å². The van der Waals surface area contributed by atoms with Crippen LogP contribution in [0.5, 0.6) is 0 Å². The Kier molecular flexibility index (Phi) is 21.3. The zero-order valence-electron chi connectivity index (χ0n) is 3.99. The summed E-state index contributed by atoms with van der Waals surface area (Å²) in [6, 6.07) is 0. The van der Waals surface area contributed by atoms with Gasteiger partial charge in [0.1, 0.15) is 10.5 Å². The Morgan fingerprint density at radius 1 is 1.29 bits per heavy atom. The molecule has 0 rings (SSSR count). The largest absolute Gasteiger partial charge is 0.426 e. The number of hydrogen-bond donors (Lipinski definition) is 0. The van der Waals surface area contributed by atoms with Crippen LogP contribution in [0, 0.1) is 0 Å². The molecule has 0 aliphatic heterocycles. The van der Waals surface area contributed by atoms with E-state index in [2.05, 4.69) is 0 Å². The molecule has 0 spiro atoms. The van der Waals surface area contributed by atoms with Gasteiger partial charge in [0.05, 0.1) is 0 Å². The molecule has 0 fully saturated rings. The molecule has 7 heavy (non-hydrogen) atoms. The molecule has 2 heteroatoms. The summed E-state index contributed by atoms with van der Waals surface area (Å²) in [5, 5.41) is 0. The molecule has 0 saturated carbocycles. The lowest BCUT2D eigenvalue weighted by Crippen LogP contribution is -1.95. The standard InChI is InChI=1S/C3H10OSi.2CH4/c1-3(2)4-5;;/h3H,1-2,5H3;2*1H4. The van der Waals surface area contributed by atoms with Gasteiger partial charge in [-0.3, -0.25) is 0 Å². The Labute approximate surface area is 50.6 Å². The third kappa shape index (κ3) is 22.7. The van der Waals surface area contributed by atoms with Crippen LogP contribution in [-0.4, -0.2) is 16.6 Å². The first-order chi connectivity index (χ1) is 2.27. The fraction of sp³-hybridized carbons (Fsp3) is 1.00. The second kappa shape index (κ2) is 9.49. The van der Waals surface area contributed by atoms with Crippen LogP contribution in [0.2, 0.25) is 0 Å². The van der Waals surface area contributed by atoms with E-state index in [1.165, 1.54) is 0 Å². The van der Waals surface area contributed by atoms with E-state index < -0.39 is 0 Å². The Morgan fingerprint density at radius 2 is 1.43 bits per heavy atom. The predicted octanol–water partition coefficient (Wildman–Crippen LogP) is 0.964. The first-order valence-corrected chi connectivity index (χ1v) is 2.62. The summed E-state index contributed by atoms with van der Waals surface area (Å²) in [6.07, 6.45) is 0.446. The van der Waals surface area contributed by atoms with Gasteiger partial charge < -0.3 is 4.43 Å². The summed E-state index contributed by atoms with van der Waals surface area (Å²) in [5.41, 5.74) is 0. The molecular formula is C5H18OSi. The summed E-state index contributed by atoms with van der Waals surface area (Å²) < 4.78 is 4.89. The van der Waals surface area contributed by atoms with Gasteiger partial charge >= 0.3 is 0 Å². The van der Waals surface area contributed by atoms with Gasteiger partial charge in [0.2, 0.25) is 0 Å². The molecule has 0 aliphatic rings. The van der Waals surface area contributed by atoms with Crippen molar-refractivity contribution in [1.29, 1.82) is 0 Å².